The van der Waals surface area contributed by atoms with E-state index >= 15 is 0 Å². The first kappa shape index (κ1) is 15.8. The third-order valence-electron chi connectivity index (χ3n) is 2.76. The van der Waals surface area contributed by atoms with Crippen LogP contribution < -0.4 is 11.1 Å². The summed E-state index contributed by atoms with van der Waals surface area (Å²) in [5.41, 5.74) is 6.14. The number of nitrogens with two attached hydrogens (primary N) is 1. The summed E-state index contributed by atoms with van der Waals surface area (Å²) in [5, 5.41) is 11.4. The Morgan fingerprint density at radius 1 is 1.25 bits per heavy atom. The van der Waals surface area contributed by atoms with E-state index in [0.717, 1.165) is 5.56 Å². The number of amides is 1. The maximum Gasteiger partial charge on any atom is 0.326 e. The summed E-state index contributed by atoms with van der Waals surface area (Å²) in [6.07, 6.45) is -0.246. The van der Waals surface area contributed by atoms with Crippen LogP contribution in [0.5, 0.6) is 0 Å². The Balaban J connectivity index is 2.62. The monoisotopic (exact) mass is 278 g/mol. The minimum absolute atomic E-state index is 0.161. The van der Waals surface area contributed by atoms with E-state index in [1.165, 1.54) is 6.92 Å². The lowest BCUT2D eigenvalue weighted by Gasteiger charge is -2.14. The molecule has 1 aromatic carbocycles. The number of benzene rings is 1. The molecule has 0 heterocycles. The molecule has 0 aromatic heterocycles. The highest BCUT2D eigenvalue weighted by Crippen LogP contribution is 2.04. The van der Waals surface area contributed by atoms with Gasteiger partial charge in [-0.25, -0.2) is 4.79 Å². The lowest BCUT2D eigenvalue weighted by molar-refractivity contribution is -0.142. The number of aliphatic carboxylic acids is 1. The molecule has 1 amide bonds. The molecule has 20 heavy (non-hydrogen) atoms. The van der Waals surface area contributed by atoms with Crippen LogP contribution in [0, 0.1) is 0 Å². The number of hydrogen-bond donors (Lipinski definition) is 3. The van der Waals surface area contributed by atoms with Gasteiger partial charge in [0, 0.05) is 6.42 Å². The minimum atomic E-state index is -1.14. The Morgan fingerprint density at radius 2 is 1.85 bits per heavy atom. The lowest BCUT2D eigenvalue weighted by Crippen LogP contribution is -2.44. The highest BCUT2D eigenvalue weighted by atomic mass is 16.4. The summed E-state index contributed by atoms with van der Waals surface area (Å²) in [7, 11) is 0. The second kappa shape index (κ2) is 7.40. The average molecular weight is 278 g/mol. The molecule has 1 aromatic rings. The summed E-state index contributed by atoms with van der Waals surface area (Å²) in [5.74, 6) is -2.20. The highest BCUT2D eigenvalue weighted by Gasteiger charge is 2.22. The van der Waals surface area contributed by atoms with Crippen molar-refractivity contribution in [3.63, 3.8) is 0 Å². The first-order chi connectivity index (χ1) is 9.40. The number of carbonyl (C=O) groups is 3. The van der Waals surface area contributed by atoms with Gasteiger partial charge in [0.25, 0.3) is 0 Å². The molecule has 108 valence electrons. The normalized spacial score (nSPS) is 13.3. The number of carbonyl (C=O) groups excluding carboxylic acids is 2. The van der Waals surface area contributed by atoms with Gasteiger partial charge in [0.1, 0.15) is 6.04 Å². The van der Waals surface area contributed by atoms with Crippen LogP contribution in [0.4, 0.5) is 0 Å². The van der Waals surface area contributed by atoms with Gasteiger partial charge >= 0.3 is 5.97 Å². The fourth-order valence-electron chi connectivity index (χ4n) is 1.61. The highest BCUT2D eigenvalue weighted by molar-refractivity contribution is 6.01. The molecule has 0 saturated heterocycles. The van der Waals surface area contributed by atoms with E-state index in [2.05, 4.69) is 5.32 Å². The molecule has 0 aliphatic heterocycles. The largest absolute Gasteiger partial charge is 0.480 e. The maximum atomic E-state index is 11.6. The van der Waals surface area contributed by atoms with Gasteiger partial charge in [-0.1, -0.05) is 30.3 Å². The van der Waals surface area contributed by atoms with Crippen LogP contribution >= 0.6 is 0 Å². The molecular weight excluding hydrogens is 260 g/mol. The molecule has 0 radical (unpaired) electrons. The van der Waals surface area contributed by atoms with Gasteiger partial charge in [0.2, 0.25) is 5.91 Å². The van der Waals surface area contributed by atoms with Crippen molar-refractivity contribution in [2.24, 2.45) is 5.73 Å². The van der Waals surface area contributed by atoms with E-state index in [1.54, 1.807) is 24.3 Å². The SMILES string of the molecule is C[C@H](N)C(=O)CC(=O)N[C@@H](Cc1ccccc1)C(=O)O. The van der Waals surface area contributed by atoms with Crippen LogP contribution in [0.2, 0.25) is 0 Å². The van der Waals surface area contributed by atoms with Crippen molar-refractivity contribution in [2.75, 3.05) is 0 Å². The molecule has 0 aliphatic carbocycles. The molecule has 2 atom stereocenters. The predicted molar refractivity (Wildman–Crippen MR) is 73.0 cm³/mol. The summed E-state index contributed by atoms with van der Waals surface area (Å²) in [6, 6.07) is 7.14. The molecule has 1 rings (SSSR count). The topological polar surface area (TPSA) is 109 Å². The van der Waals surface area contributed by atoms with Crippen LogP contribution in [0.1, 0.15) is 18.9 Å². The van der Waals surface area contributed by atoms with E-state index in [-0.39, 0.29) is 6.42 Å². The van der Waals surface area contributed by atoms with E-state index in [4.69, 9.17) is 10.8 Å². The quantitative estimate of drug-likeness (QED) is 0.613. The predicted octanol–water partition coefficient (Wildman–Crippen LogP) is 0.105. The van der Waals surface area contributed by atoms with Gasteiger partial charge < -0.3 is 16.2 Å². The molecule has 0 unspecified atom stereocenters. The Morgan fingerprint density at radius 3 is 2.35 bits per heavy atom. The Kier molecular flexibility index (Phi) is 5.86. The minimum Gasteiger partial charge on any atom is -0.480 e. The van der Waals surface area contributed by atoms with Gasteiger partial charge in [-0.05, 0) is 12.5 Å². The van der Waals surface area contributed by atoms with Crippen LogP contribution in [-0.2, 0) is 20.8 Å². The van der Waals surface area contributed by atoms with Crippen molar-refractivity contribution < 1.29 is 19.5 Å². The molecular formula is C14H18N2O4. The van der Waals surface area contributed by atoms with Gasteiger partial charge in [-0.2, -0.15) is 0 Å². The first-order valence-electron chi connectivity index (χ1n) is 6.24. The molecule has 0 aliphatic rings. The van der Waals surface area contributed by atoms with Crippen molar-refractivity contribution in [2.45, 2.75) is 31.8 Å². The third-order valence-corrected chi connectivity index (χ3v) is 2.76. The van der Waals surface area contributed by atoms with Gasteiger partial charge in [-0.3, -0.25) is 9.59 Å². The number of Topliss-reactive ketones (excluding diaryl/α,β-unsaturated/α-hetero) is 1. The average Bonchev–Trinajstić information content (AvgIpc) is 2.38. The van der Waals surface area contributed by atoms with Crippen LogP contribution in [-0.4, -0.2) is 34.8 Å². The zero-order valence-electron chi connectivity index (χ0n) is 11.2. The van der Waals surface area contributed by atoms with Crippen LogP contribution in [0.3, 0.4) is 0 Å². The fourth-order valence-corrected chi connectivity index (χ4v) is 1.61. The van der Waals surface area contributed by atoms with Gasteiger partial charge in [0.05, 0.1) is 12.5 Å². The van der Waals surface area contributed by atoms with Gasteiger partial charge in [0.15, 0.2) is 5.78 Å². The second-order valence-corrected chi connectivity index (χ2v) is 4.58. The van der Waals surface area contributed by atoms with E-state index in [9.17, 15) is 14.4 Å². The summed E-state index contributed by atoms with van der Waals surface area (Å²) in [4.78, 5) is 34.1. The number of ketones is 1. The zero-order valence-corrected chi connectivity index (χ0v) is 11.2. The summed E-state index contributed by atoms with van der Waals surface area (Å²) >= 11 is 0. The first-order valence-corrected chi connectivity index (χ1v) is 6.24. The summed E-state index contributed by atoms with van der Waals surface area (Å²) < 4.78 is 0. The number of nitrogens with one attached hydrogen (secondary N) is 1. The molecule has 0 bridgehead atoms. The maximum absolute atomic E-state index is 11.6. The van der Waals surface area contributed by atoms with E-state index in [1.807, 2.05) is 6.07 Å². The number of carboxylic acid groups (broad SMARTS) is 1. The molecule has 6 heteroatoms. The Labute approximate surface area is 117 Å². The van der Waals surface area contributed by atoms with E-state index < -0.39 is 36.2 Å². The molecule has 0 fully saturated rings. The summed E-state index contributed by atoms with van der Waals surface area (Å²) in [6.45, 7) is 1.48. The Bertz CT molecular complexity index is 485. The van der Waals surface area contributed by atoms with Crippen molar-refractivity contribution in [1.82, 2.24) is 5.32 Å². The molecule has 0 spiro atoms. The lowest BCUT2D eigenvalue weighted by atomic mass is 10.1. The number of hydrogen-bond acceptors (Lipinski definition) is 4. The smallest absolute Gasteiger partial charge is 0.326 e. The fraction of sp³-hybridized carbons (Fsp3) is 0.357. The van der Waals surface area contributed by atoms with E-state index in [0.29, 0.717) is 0 Å². The molecule has 6 nitrogen and oxygen atoms in total. The zero-order chi connectivity index (χ0) is 15.1. The molecule has 0 saturated carbocycles. The van der Waals surface area contributed by atoms with Gasteiger partial charge in [-0.15, -0.1) is 0 Å². The third kappa shape index (κ3) is 5.19. The van der Waals surface area contributed by atoms with Crippen molar-refractivity contribution >= 4 is 17.7 Å². The molecule has 4 N–H and O–H groups in total. The Hall–Kier alpha value is -2.21. The van der Waals surface area contributed by atoms with Crippen molar-refractivity contribution in [1.29, 1.82) is 0 Å². The second-order valence-electron chi connectivity index (χ2n) is 4.58. The standard InChI is InChI=1S/C14H18N2O4/c1-9(15)12(17)8-13(18)16-11(14(19)20)7-10-5-3-2-4-6-10/h2-6,9,11H,7-8,15H2,1H3,(H,16,18)(H,19,20)/t9-,11-/m0/s1. The van der Waals surface area contributed by atoms with Crippen LogP contribution in [0.15, 0.2) is 30.3 Å². The van der Waals surface area contributed by atoms with Crippen LogP contribution in [0.25, 0.3) is 0 Å². The number of carboxylic acids is 1. The van der Waals surface area contributed by atoms with Crippen molar-refractivity contribution in [3.8, 4) is 0 Å². The number of rotatable bonds is 7. The van der Waals surface area contributed by atoms with Crippen molar-refractivity contribution in [3.05, 3.63) is 35.9 Å².